The highest BCUT2D eigenvalue weighted by Crippen LogP contribution is 2.14. The number of rotatable bonds is 5. The van der Waals surface area contributed by atoms with E-state index in [0.717, 1.165) is 5.56 Å². The molecule has 0 saturated carbocycles. The van der Waals surface area contributed by atoms with E-state index in [4.69, 9.17) is 0 Å². The van der Waals surface area contributed by atoms with E-state index in [1.807, 2.05) is 30.3 Å². The Bertz CT molecular complexity index is 593. The van der Waals surface area contributed by atoms with Crippen molar-refractivity contribution in [3.8, 4) is 0 Å². The SMILES string of the molecule is O=C(Cc1ccccc1)Cc1cccc([N+](=O)[O-])c1. The van der Waals surface area contributed by atoms with Gasteiger partial charge in [0.05, 0.1) is 4.92 Å². The van der Waals surface area contributed by atoms with Crippen molar-refractivity contribution in [3.63, 3.8) is 0 Å². The van der Waals surface area contributed by atoms with E-state index >= 15 is 0 Å². The van der Waals surface area contributed by atoms with Crippen LogP contribution >= 0.6 is 0 Å². The molecule has 0 N–H and O–H groups in total. The minimum atomic E-state index is -0.453. The molecule has 0 radical (unpaired) electrons. The molecule has 0 bridgehead atoms. The zero-order valence-electron chi connectivity index (χ0n) is 10.3. The predicted octanol–water partition coefficient (Wildman–Crippen LogP) is 2.95. The molecule has 96 valence electrons. The number of hydrogen-bond donors (Lipinski definition) is 0. The summed E-state index contributed by atoms with van der Waals surface area (Å²) in [6, 6.07) is 15.7. The molecule has 0 aliphatic carbocycles. The molecule has 0 aliphatic heterocycles. The van der Waals surface area contributed by atoms with Crippen molar-refractivity contribution in [2.45, 2.75) is 12.8 Å². The van der Waals surface area contributed by atoms with Gasteiger partial charge in [-0.3, -0.25) is 14.9 Å². The van der Waals surface area contributed by atoms with Crippen LogP contribution in [0.2, 0.25) is 0 Å². The largest absolute Gasteiger partial charge is 0.299 e. The summed E-state index contributed by atoms with van der Waals surface area (Å²) in [6.07, 6.45) is 0.570. The molecule has 2 aromatic carbocycles. The zero-order chi connectivity index (χ0) is 13.7. The maximum absolute atomic E-state index is 11.9. The Kier molecular flexibility index (Phi) is 4.03. The molecule has 2 rings (SSSR count). The smallest absolute Gasteiger partial charge is 0.269 e. The van der Waals surface area contributed by atoms with Gasteiger partial charge >= 0.3 is 0 Å². The van der Waals surface area contributed by atoms with Crippen molar-refractivity contribution >= 4 is 11.5 Å². The molecule has 0 spiro atoms. The molecule has 2 aromatic rings. The summed E-state index contributed by atoms with van der Waals surface area (Å²) in [5.74, 6) is 0.0479. The lowest BCUT2D eigenvalue weighted by molar-refractivity contribution is -0.384. The maximum atomic E-state index is 11.9. The number of benzene rings is 2. The molecule has 0 aromatic heterocycles. The first-order valence-electron chi connectivity index (χ1n) is 5.94. The third-order valence-corrected chi connectivity index (χ3v) is 2.77. The van der Waals surface area contributed by atoms with Gasteiger partial charge in [0.15, 0.2) is 0 Å². The molecular weight excluding hydrogens is 242 g/mol. The van der Waals surface area contributed by atoms with Crippen LogP contribution in [0.1, 0.15) is 11.1 Å². The minimum Gasteiger partial charge on any atom is -0.299 e. The van der Waals surface area contributed by atoms with Crippen LogP contribution < -0.4 is 0 Å². The highest BCUT2D eigenvalue weighted by Gasteiger charge is 2.09. The molecule has 19 heavy (non-hydrogen) atoms. The lowest BCUT2D eigenvalue weighted by Crippen LogP contribution is -2.06. The Morgan fingerprint density at radius 2 is 1.58 bits per heavy atom. The Morgan fingerprint density at radius 1 is 0.947 bits per heavy atom. The second kappa shape index (κ2) is 5.91. The highest BCUT2D eigenvalue weighted by atomic mass is 16.6. The number of carbonyl (C=O) groups excluding carboxylic acids is 1. The van der Waals surface area contributed by atoms with Crippen LogP contribution in [-0.2, 0) is 17.6 Å². The van der Waals surface area contributed by atoms with Crippen molar-refractivity contribution < 1.29 is 9.72 Å². The van der Waals surface area contributed by atoms with Crippen LogP contribution in [0.3, 0.4) is 0 Å². The second-order valence-electron chi connectivity index (χ2n) is 4.30. The van der Waals surface area contributed by atoms with E-state index in [0.29, 0.717) is 12.0 Å². The van der Waals surface area contributed by atoms with Crippen LogP contribution in [0, 0.1) is 10.1 Å². The normalized spacial score (nSPS) is 10.1. The standard InChI is InChI=1S/C15H13NO3/c17-15(10-12-5-2-1-3-6-12)11-13-7-4-8-14(9-13)16(18)19/h1-9H,10-11H2. The number of carbonyl (C=O) groups is 1. The van der Waals surface area contributed by atoms with Gasteiger partial charge in [-0.05, 0) is 11.1 Å². The van der Waals surface area contributed by atoms with Crippen LogP contribution in [0.4, 0.5) is 5.69 Å². The summed E-state index contributed by atoms with van der Waals surface area (Å²) in [5, 5.41) is 10.7. The number of non-ortho nitro benzene ring substituents is 1. The van der Waals surface area contributed by atoms with E-state index in [1.165, 1.54) is 12.1 Å². The summed E-state index contributed by atoms with van der Waals surface area (Å²) in [7, 11) is 0. The third-order valence-electron chi connectivity index (χ3n) is 2.77. The van der Waals surface area contributed by atoms with Crippen molar-refractivity contribution in [2.24, 2.45) is 0 Å². The molecule has 0 amide bonds. The molecule has 0 heterocycles. The van der Waals surface area contributed by atoms with Crippen molar-refractivity contribution in [2.75, 3.05) is 0 Å². The summed E-state index contributed by atoms with van der Waals surface area (Å²) in [4.78, 5) is 22.1. The van der Waals surface area contributed by atoms with E-state index in [-0.39, 0.29) is 17.9 Å². The molecule has 0 atom stereocenters. The predicted molar refractivity (Wildman–Crippen MR) is 72.0 cm³/mol. The number of nitrogens with zero attached hydrogens (tertiary/aromatic N) is 1. The van der Waals surface area contributed by atoms with Crippen LogP contribution in [0.5, 0.6) is 0 Å². The number of nitro benzene ring substituents is 1. The van der Waals surface area contributed by atoms with Gasteiger partial charge < -0.3 is 0 Å². The van der Waals surface area contributed by atoms with E-state index in [9.17, 15) is 14.9 Å². The molecule has 4 heteroatoms. The molecule has 0 saturated heterocycles. The van der Waals surface area contributed by atoms with Gasteiger partial charge in [0, 0.05) is 25.0 Å². The fraction of sp³-hybridized carbons (Fsp3) is 0.133. The van der Waals surface area contributed by atoms with Gasteiger partial charge in [0.2, 0.25) is 0 Å². The summed E-state index contributed by atoms with van der Waals surface area (Å²) in [6.45, 7) is 0. The van der Waals surface area contributed by atoms with Crippen LogP contribution in [-0.4, -0.2) is 10.7 Å². The average Bonchev–Trinajstić information content (AvgIpc) is 2.40. The van der Waals surface area contributed by atoms with Gasteiger partial charge in [-0.2, -0.15) is 0 Å². The average molecular weight is 255 g/mol. The minimum absolute atomic E-state index is 0.0185. The van der Waals surface area contributed by atoms with Gasteiger partial charge in [0.1, 0.15) is 5.78 Å². The number of nitro groups is 1. The van der Waals surface area contributed by atoms with Crippen molar-refractivity contribution in [3.05, 3.63) is 75.8 Å². The Morgan fingerprint density at radius 3 is 2.26 bits per heavy atom. The number of Topliss-reactive ketones (excluding diaryl/α,β-unsaturated/α-hetero) is 1. The summed E-state index contributed by atoms with van der Waals surface area (Å²) in [5.41, 5.74) is 1.65. The topological polar surface area (TPSA) is 60.2 Å². The van der Waals surface area contributed by atoms with Gasteiger partial charge in [-0.15, -0.1) is 0 Å². The monoisotopic (exact) mass is 255 g/mol. The maximum Gasteiger partial charge on any atom is 0.269 e. The van der Waals surface area contributed by atoms with E-state index in [2.05, 4.69) is 0 Å². The molecule has 0 aliphatic rings. The first-order chi connectivity index (χ1) is 9.15. The molecule has 4 nitrogen and oxygen atoms in total. The van der Waals surface area contributed by atoms with E-state index in [1.54, 1.807) is 12.1 Å². The number of hydrogen-bond acceptors (Lipinski definition) is 3. The first-order valence-corrected chi connectivity index (χ1v) is 5.94. The van der Waals surface area contributed by atoms with Crippen molar-refractivity contribution in [1.82, 2.24) is 0 Å². The molecular formula is C15H13NO3. The molecule has 0 unspecified atom stereocenters. The lowest BCUT2D eigenvalue weighted by atomic mass is 10.0. The molecule has 0 fully saturated rings. The fourth-order valence-corrected chi connectivity index (χ4v) is 1.89. The van der Waals surface area contributed by atoms with Gasteiger partial charge in [-0.1, -0.05) is 42.5 Å². The number of ketones is 1. The zero-order valence-corrected chi connectivity index (χ0v) is 10.3. The Balaban J connectivity index is 2.03. The van der Waals surface area contributed by atoms with Crippen molar-refractivity contribution in [1.29, 1.82) is 0 Å². The Labute approximate surface area is 110 Å². The van der Waals surface area contributed by atoms with Crippen LogP contribution in [0.25, 0.3) is 0 Å². The first kappa shape index (κ1) is 13.0. The van der Waals surface area contributed by atoms with Crippen LogP contribution in [0.15, 0.2) is 54.6 Å². The second-order valence-corrected chi connectivity index (χ2v) is 4.30. The quantitative estimate of drug-likeness (QED) is 0.609. The fourth-order valence-electron chi connectivity index (χ4n) is 1.89. The third kappa shape index (κ3) is 3.74. The lowest BCUT2D eigenvalue weighted by Gasteiger charge is -2.02. The van der Waals surface area contributed by atoms with E-state index < -0.39 is 4.92 Å². The van der Waals surface area contributed by atoms with Gasteiger partial charge in [0.25, 0.3) is 5.69 Å². The summed E-state index contributed by atoms with van der Waals surface area (Å²) < 4.78 is 0. The Hall–Kier alpha value is -2.49. The highest BCUT2D eigenvalue weighted by molar-refractivity contribution is 5.83. The summed E-state index contributed by atoms with van der Waals surface area (Å²) >= 11 is 0. The van der Waals surface area contributed by atoms with Gasteiger partial charge in [-0.25, -0.2) is 0 Å².